The molecule has 0 unspecified atom stereocenters. The largest absolute Gasteiger partial charge is 0.383 e. The van der Waals surface area contributed by atoms with Crippen molar-refractivity contribution in [3.05, 3.63) is 35.7 Å². The van der Waals surface area contributed by atoms with Crippen molar-refractivity contribution < 1.29 is 8.78 Å². The van der Waals surface area contributed by atoms with Gasteiger partial charge in [0, 0.05) is 23.6 Å². The molecule has 0 saturated heterocycles. The first kappa shape index (κ1) is 14.0. The second-order valence-corrected chi connectivity index (χ2v) is 5.55. The molecule has 0 aliphatic heterocycles. The lowest BCUT2D eigenvalue weighted by Crippen LogP contribution is -2.06. The first-order chi connectivity index (χ1) is 10.1. The Hall–Kier alpha value is -1.91. The fourth-order valence-corrected chi connectivity index (χ4v) is 2.59. The molecule has 21 heavy (non-hydrogen) atoms. The van der Waals surface area contributed by atoms with Crippen molar-refractivity contribution in [2.24, 2.45) is 0 Å². The number of nitrogens with two attached hydrogens (primary N) is 1. The summed E-state index contributed by atoms with van der Waals surface area (Å²) in [6.45, 7) is 2.95. The van der Waals surface area contributed by atoms with Gasteiger partial charge in [-0.3, -0.25) is 0 Å². The quantitative estimate of drug-likeness (QED) is 0.889. The van der Waals surface area contributed by atoms with Gasteiger partial charge in [0.15, 0.2) is 0 Å². The van der Waals surface area contributed by atoms with Crippen LogP contribution < -0.4 is 5.73 Å². The normalized spacial score (nSPS) is 14.9. The molecule has 1 saturated carbocycles. The summed E-state index contributed by atoms with van der Waals surface area (Å²) < 4.78 is 27.3. The van der Waals surface area contributed by atoms with Crippen molar-refractivity contribution in [3.63, 3.8) is 0 Å². The highest BCUT2D eigenvalue weighted by Gasteiger charge is 2.30. The monoisotopic (exact) mass is 291 g/mol. The fraction of sp³-hybridized carbons (Fsp3) is 0.438. The number of imidazole rings is 1. The Bertz CT molecular complexity index is 628. The van der Waals surface area contributed by atoms with E-state index < -0.39 is 6.43 Å². The molecule has 112 valence electrons. The maximum absolute atomic E-state index is 12.6. The van der Waals surface area contributed by atoms with E-state index in [0.29, 0.717) is 17.4 Å². The lowest BCUT2D eigenvalue weighted by atomic mass is 10.1. The third-order valence-corrected chi connectivity index (χ3v) is 3.86. The molecule has 0 bridgehead atoms. The average molecular weight is 291 g/mol. The first-order valence-corrected chi connectivity index (χ1v) is 7.36. The van der Waals surface area contributed by atoms with Gasteiger partial charge in [-0.05, 0) is 19.3 Å². The van der Waals surface area contributed by atoms with Gasteiger partial charge >= 0.3 is 0 Å². The van der Waals surface area contributed by atoms with Crippen LogP contribution in [0.1, 0.15) is 49.9 Å². The highest BCUT2D eigenvalue weighted by atomic mass is 19.3. The van der Waals surface area contributed by atoms with E-state index in [9.17, 15) is 8.78 Å². The van der Waals surface area contributed by atoms with Crippen LogP contribution in [0.3, 0.4) is 0 Å². The van der Waals surface area contributed by atoms with Crippen LogP contribution in [0.4, 0.5) is 14.6 Å². The van der Waals surface area contributed by atoms with Crippen LogP contribution in [0.25, 0.3) is 11.3 Å². The summed E-state index contributed by atoms with van der Waals surface area (Å²) in [7, 11) is 0. The molecule has 0 radical (unpaired) electrons. The number of anilines is 1. The minimum atomic E-state index is -2.45. The number of hydrogen-bond acceptors (Lipinski definition) is 2. The third kappa shape index (κ3) is 2.64. The Labute approximate surface area is 122 Å². The molecule has 1 aliphatic rings. The number of alkyl halides is 2. The number of nitrogens with zero attached hydrogens (tertiary/aromatic N) is 2. The minimum Gasteiger partial charge on any atom is -0.383 e. The molecule has 1 aliphatic carbocycles. The zero-order chi connectivity index (χ0) is 15.0. The zero-order valence-corrected chi connectivity index (χ0v) is 12.0. The number of halogens is 2. The van der Waals surface area contributed by atoms with Gasteiger partial charge in [-0.15, -0.1) is 0 Å². The molecule has 1 aromatic heterocycles. The summed E-state index contributed by atoms with van der Waals surface area (Å²) >= 11 is 0. The molecule has 1 aromatic carbocycles. The van der Waals surface area contributed by atoms with Gasteiger partial charge in [-0.25, -0.2) is 13.8 Å². The van der Waals surface area contributed by atoms with E-state index in [1.807, 2.05) is 0 Å². The van der Waals surface area contributed by atoms with Crippen LogP contribution >= 0.6 is 0 Å². The molecule has 3 nitrogen and oxygen atoms in total. The molecule has 0 spiro atoms. The highest BCUT2D eigenvalue weighted by molar-refractivity contribution is 5.71. The van der Waals surface area contributed by atoms with Crippen LogP contribution in [-0.4, -0.2) is 9.55 Å². The molecular weight excluding hydrogens is 272 g/mol. The smallest absolute Gasteiger partial charge is 0.263 e. The SMILES string of the molecule is CCCn1c(C2CC2)nc(-c2ccc(C(F)F)cc2)c1N. The topological polar surface area (TPSA) is 43.8 Å². The van der Waals surface area contributed by atoms with Crippen molar-refractivity contribution in [2.75, 3.05) is 5.73 Å². The van der Waals surface area contributed by atoms with E-state index in [-0.39, 0.29) is 5.56 Å². The van der Waals surface area contributed by atoms with Gasteiger partial charge in [0.2, 0.25) is 0 Å². The van der Waals surface area contributed by atoms with E-state index in [0.717, 1.165) is 37.2 Å². The Morgan fingerprint density at radius 3 is 2.48 bits per heavy atom. The van der Waals surface area contributed by atoms with Crippen LogP contribution in [0, 0.1) is 0 Å². The van der Waals surface area contributed by atoms with E-state index in [1.165, 1.54) is 12.1 Å². The lowest BCUT2D eigenvalue weighted by Gasteiger charge is -2.07. The van der Waals surface area contributed by atoms with Gasteiger partial charge in [0.25, 0.3) is 6.43 Å². The Kier molecular flexibility index (Phi) is 3.66. The maximum atomic E-state index is 12.6. The average Bonchev–Trinajstić information content (AvgIpc) is 3.26. The van der Waals surface area contributed by atoms with Crippen LogP contribution in [0.15, 0.2) is 24.3 Å². The van der Waals surface area contributed by atoms with Gasteiger partial charge in [-0.1, -0.05) is 31.2 Å². The minimum absolute atomic E-state index is 0.0210. The van der Waals surface area contributed by atoms with Crippen LogP contribution in [0.5, 0.6) is 0 Å². The van der Waals surface area contributed by atoms with E-state index in [1.54, 1.807) is 12.1 Å². The summed E-state index contributed by atoms with van der Waals surface area (Å²) in [5.74, 6) is 2.19. The molecule has 1 heterocycles. The number of aromatic nitrogens is 2. The lowest BCUT2D eigenvalue weighted by molar-refractivity contribution is 0.151. The Morgan fingerprint density at radius 1 is 1.29 bits per heavy atom. The number of benzene rings is 1. The Balaban J connectivity index is 1.99. The first-order valence-electron chi connectivity index (χ1n) is 7.36. The second kappa shape index (κ2) is 5.47. The van der Waals surface area contributed by atoms with Crippen molar-refractivity contribution in [3.8, 4) is 11.3 Å². The van der Waals surface area contributed by atoms with Gasteiger partial charge in [0.1, 0.15) is 17.3 Å². The van der Waals surface area contributed by atoms with Crippen LogP contribution in [0.2, 0.25) is 0 Å². The van der Waals surface area contributed by atoms with E-state index in [2.05, 4.69) is 16.5 Å². The van der Waals surface area contributed by atoms with Crippen molar-refractivity contribution in [1.82, 2.24) is 9.55 Å². The van der Waals surface area contributed by atoms with Gasteiger partial charge in [0.05, 0.1) is 0 Å². The predicted molar refractivity (Wildman–Crippen MR) is 79.3 cm³/mol. The molecule has 0 amide bonds. The van der Waals surface area contributed by atoms with Crippen LogP contribution in [-0.2, 0) is 6.54 Å². The van der Waals surface area contributed by atoms with Crippen molar-refractivity contribution >= 4 is 5.82 Å². The molecule has 3 rings (SSSR count). The zero-order valence-electron chi connectivity index (χ0n) is 12.0. The number of nitrogen functional groups attached to an aromatic ring is 1. The number of rotatable bonds is 5. The number of hydrogen-bond donors (Lipinski definition) is 1. The maximum Gasteiger partial charge on any atom is 0.263 e. The summed E-state index contributed by atoms with van der Waals surface area (Å²) in [6, 6.07) is 6.23. The van der Waals surface area contributed by atoms with Crippen molar-refractivity contribution in [1.29, 1.82) is 0 Å². The standard InChI is InChI=1S/C16H19F2N3/c1-2-9-21-15(19)13(20-16(21)12-7-8-12)10-3-5-11(6-4-10)14(17)18/h3-6,12,14H,2,7-9,19H2,1H3. The van der Waals surface area contributed by atoms with Gasteiger partial charge < -0.3 is 10.3 Å². The summed E-state index contributed by atoms with van der Waals surface area (Å²) in [5.41, 5.74) is 7.77. The fourth-order valence-electron chi connectivity index (χ4n) is 2.59. The predicted octanol–water partition coefficient (Wildman–Crippen LogP) is 4.36. The second-order valence-electron chi connectivity index (χ2n) is 5.55. The van der Waals surface area contributed by atoms with Crippen molar-refractivity contribution in [2.45, 2.75) is 45.1 Å². The molecule has 2 N–H and O–H groups in total. The summed E-state index contributed by atoms with van der Waals surface area (Å²) in [4.78, 5) is 4.69. The molecule has 2 aromatic rings. The van der Waals surface area contributed by atoms with E-state index in [4.69, 9.17) is 5.73 Å². The summed E-state index contributed by atoms with van der Waals surface area (Å²) in [6.07, 6.45) is 0.855. The molecular formula is C16H19F2N3. The van der Waals surface area contributed by atoms with Gasteiger partial charge in [-0.2, -0.15) is 0 Å². The third-order valence-electron chi connectivity index (χ3n) is 3.86. The Morgan fingerprint density at radius 2 is 1.95 bits per heavy atom. The van der Waals surface area contributed by atoms with E-state index >= 15 is 0 Å². The highest BCUT2D eigenvalue weighted by Crippen LogP contribution is 2.42. The summed E-state index contributed by atoms with van der Waals surface area (Å²) in [5, 5.41) is 0. The molecule has 1 fully saturated rings. The molecule has 5 heteroatoms. The molecule has 0 atom stereocenters.